The molecule has 5 nitrogen and oxygen atoms in total. The van der Waals surface area contributed by atoms with Gasteiger partial charge >= 0.3 is 0 Å². The molecule has 0 fully saturated rings. The predicted molar refractivity (Wildman–Crippen MR) is 104 cm³/mol. The summed E-state index contributed by atoms with van der Waals surface area (Å²) < 4.78 is 5.16. The lowest BCUT2D eigenvalue weighted by Crippen LogP contribution is -2.20. The van der Waals surface area contributed by atoms with Gasteiger partial charge in [-0.1, -0.05) is 42.5 Å². The number of aromatic nitrogens is 2. The van der Waals surface area contributed by atoms with E-state index in [1.807, 2.05) is 61.5 Å². The maximum absolute atomic E-state index is 12.4. The van der Waals surface area contributed by atoms with Gasteiger partial charge in [-0.3, -0.25) is 9.78 Å². The summed E-state index contributed by atoms with van der Waals surface area (Å²) >= 11 is 0. The van der Waals surface area contributed by atoms with E-state index in [1.54, 1.807) is 7.11 Å². The number of ether oxygens (including phenoxy) is 1. The molecule has 3 aromatic rings. The van der Waals surface area contributed by atoms with Crippen molar-refractivity contribution < 1.29 is 4.74 Å². The van der Waals surface area contributed by atoms with Gasteiger partial charge in [-0.2, -0.15) is 0 Å². The quantitative estimate of drug-likeness (QED) is 0.687. The van der Waals surface area contributed by atoms with Crippen LogP contribution < -0.4 is 15.6 Å². The van der Waals surface area contributed by atoms with Crippen LogP contribution in [0.5, 0.6) is 5.75 Å². The Morgan fingerprint density at radius 1 is 1.04 bits per heavy atom. The lowest BCUT2D eigenvalue weighted by Gasteiger charge is -2.09. The van der Waals surface area contributed by atoms with E-state index in [4.69, 9.17) is 4.74 Å². The van der Waals surface area contributed by atoms with E-state index >= 15 is 0 Å². The van der Waals surface area contributed by atoms with E-state index < -0.39 is 0 Å². The number of aromatic amines is 1. The minimum atomic E-state index is -0.0895. The summed E-state index contributed by atoms with van der Waals surface area (Å²) in [5.41, 5.74) is 3.66. The molecule has 3 rings (SSSR count). The average molecular weight is 349 g/mol. The second-order valence-electron chi connectivity index (χ2n) is 6.17. The molecule has 0 aliphatic carbocycles. The molecule has 0 saturated carbocycles. The van der Waals surface area contributed by atoms with Crippen LogP contribution in [0.2, 0.25) is 0 Å². The molecule has 0 unspecified atom stereocenters. The highest BCUT2D eigenvalue weighted by Crippen LogP contribution is 2.12. The minimum absolute atomic E-state index is 0.0895. The molecule has 0 amide bonds. The molecule has 5 heteroatoms. The molecular formula is C21H23N3O2. The molecule has 0 saturated heterocycles. The van der Waals surface area contributed by atoms with Gasteiger partial charge in [0.25, 0.3) is 5.56 Å². The van der Waals surface area contributed by atoms with E-state index in [1.165, 1.54) is 5.56 Å². The molecular weight excluding hydrogens is 326 g/mol. The van der Waals surface area contributed by atoms with Crippen LogP contribution in [-0.2, 0) is 12.8 Å². The van der Waals surface area contributed by atoms with Crippen LogP contribution in [0.15, 0.2) is 59.4 Å². The molecule has 0 radical (unpaired) electrons. The fraction of sp³-hybridized carbons (Fsp3) is 0.238. The van der Waals surface area contributed by atoms with Crippen LogP contribution in [0.3, 0.4) is 0 Å². The zero-order valence-electron chi connectivity index (χ0n) is 15.1. The van der Waals surface area contributed by atoms with Crippen molar-refractivity contribution in [3.8, 4) is 5.75 Å². The number of methoxy groups -OCH3 is 1. The molecule has 0 spiro atoms. The zero-order valence-corrected chi connectivity index (χ0v) is 15.1. The Hall–Kier alpha value is -3.08. The van der Waals surface area contributed by atoms with Crippen molar-refractivity contribution in [3.05, 3.63) is 87.3 Å². The minimum Gasteiger partial charge on any atom is -0.497 e. The van der Waals surface area contributed by atoms with Crippen LogP contribution in [0.25, 0.3) is 0 Å². The Kier molecular flexibility index (Phi) is 5.69. The van der Waals surface area contributed by atoms with Crippen molar-refractivity contribution in [3.63, 3.8) is 0 Å². The summed E-state index contributed by atoms with van der Waals surface area (Å²) in [6.07, 6.45) is 1.42. The maximum Gasteiger partial charge on any atom is 0.256 e. The van der Waals surface area contributed by atoms with Crippen LogP contribution in [0.4, 0.5) is 5.95 Å². The van der Waals surface area contributed by atoms with Gasteiger partial charge in [-0.25, -0.2) is 4.98 Å². The van der Waals surface area contributed by atoms with Crippen molar-refractivity contribution in [2.45, 2.75) is 19.8 Å². The van der Waals surface area contributed by atoms with E-state index in [0.717, 1.165) is 23.4 Å². The number of rotatable bonds is 7. The molecule has 0 atom stereocenters. The summed E-state index contributed by atoms with van der Waals surface area (Å²) in [4.78, 5) is 19.8. The zero-order chi connectivity index (χ0) is 18.4. The second-order valence-corrected chi connectivity index (χ2v) is 6.17. The summed E-state index contributed by atoms with van der Waals surface area (Å²) in [7, 11) is 1.66. The van der Waals surface area contributed by atoms with Crippen LogP contribution in [-0.4, -0.2) is 23.6 Å². The standard InChI is InChI=1S/C21H23N3O2/c1-15-19(14-17-6-4-3-5-7-17)20(25)24-21(23-15)22-13-12-16-8-10-18(26-2)11-9-16/h3-11H,12-14H2,1-2H3,(H2,22,23,24,25). The number of hydrogen-bond donors (Lipinski definition) is 2. The first-order valence-corrected chi connectivity index (χ1v) is 8.66. The number of nitrogens with zero attached hydrogens (tertiary/aromatic N) is 1. The van der Waals surface area contributed by atoms with Gasteiger partial charge in [0.1, 0.15) is 5.75 Å². The number of nitrogens with one attached hydrogen (secondary N) is 2. The highest BCUT2D eigenvalue weighted by Gasteiger charge is 2.09. The topological polar surface area (TPSA) is 67.0 Å². The van der Waals surface area contributed by atoms with Gasteiger partial charge in [0.2, 0.25) is 5.95 Å². The molecule has 1 aromatic heterocycles. The fourth-order valence-electron chi connectivity index (χ4n) is 2.82. The average Bonchev–Trinajstić information content (AvgIpc) is 2.66. The Balaban J connectivity index is 1.63. The largest absolute Gasteiger partial charge is 0.497 e. The summed E-state index contributed by atoms with van der Waals surface area (Å²) in [6, 6.07) is 17.9. The summed E-state index contributed by atoms with van der Waals surface area (Å²) in [5, 5.41) is 3.20. The third-order valence-corrected chi connectivity index (χ3v) is 4.31. The Labute approximate surface area is 153 Å². The molecule has 26 heavy (non-hydrogen) atoms. The third-order valence-electron chi connectivity index (χ3n) is 4.31. The van der Waals surface area contributed by atoms with Crippen LogP contribution in [0, 0.1) is 6.92 Å². The van der Waals surface area contributed by atoms with Gasteiger partial charge in [0.05, 0.1) is 12.8 Å². The first kappa shape index (κ1) is 17.7. The molecule has 1 heterocycles. The van der Waals surface area contributed by atoms with Gasteiger partial charge in [0, 0.05) is 18.5 Å². The van der Waals surface area contributed by atoms with Crippen molar-refractivity contribution in [1.82, 2.24) is 9.97 Å². The summed E-state index contributed by atoms with van der Waals surface area (Å²) in [6.45, 7) is 2.56. The molecule has 134 valence electrons. The normalized spacial score (nSPS) is 10.5. The Morgan fingerprint density at radius 3 is 2.42 bits per heavy atom. The predicted octanol–water partition coefficient (Wildman–Crippen LogP) is 3.33. The van der Waals surface area contributed by atoms with Crippen molar-refractivity contribution in [2.24, 2.45) is 0 Å². The van der Waals surface area contributed by atoms with E-state index in [2.05, 4.69) is 15.3 Å². The van der Waals surface area contributed by atoms with Gasteiger partial charge in [-0.15, -0.1) is 0 Å². The lowest BCUT2D eigenvalue weighted by atomic mass is 10.1. The van der Waals surface area contributed by atoms with Crippen molar-refractivity contribution in [1.29, 1.82) is 0 Å². The SMILES string of the molecule is COc1ccc(CCNc2nc(C)c(Cc3ccccc3)c(=O)[nH]2)cc1. The van der Waals surface area contributed by atoms with Crippen molar-refractivity contribution >= 4 is 5.95 Å². The molecule has 2 aromatic carbocycles. The molecule has 2 N–H and O–H groups in total. The number of aryl methyl sites for hydroxylation is 1. The lowest BCUT2D eigenvalue weighted by molar-refractivity contribution is 0.414. The highest BCUT2D eigenvalue weighted by molar-refractivity contribution is 5.33. The third kappa shape index (κ3) is 4.51. The monoisotopic (exact) mass is 349 g/mol. The van der Waals surface area contributed by atoms with Gasteiger partial charge in [-0.05, 0) is 36.6 Å². The highest BCUT2D eigenvalue weighted by atomic mass is 16.5. The number of benzene rings is 2. The number of H-pyrrole nitrogens is 1. The first-order valence-electron chi connectivity index (χ1n) is 8.66. The van der Waals surface area contributed by atoms with E-state index in [0.29, 0.717) is 24.5 Å². The number of anilines is 1. The van der Waals surface area contributed by atoms with Crippen molar-refractivity contribution in [2.75, 3.05) is 19.0 Å². The maximum atomic E-state index is 12.4. The Morgan fingerprint density at radius 2 is 1.77 bits per heavy atom. The summed E-state index contributed by atoms with van der Waals surface area (Å²) in [5.74, 6) is 1.36. The molecule has 0 aliphatic rings. The smallest absolute Gasteiger partial charge is 0.256 e. The van der Waals surface area contributed by atoms with Gasteiger partial charge < -0.3 is 10.1 Å². The fourth-order valence-corrected chi connectivity index (χ4v) is 2.82. The Bertz CT molecular complexity index is 903. The second kappa shape index (κ2) is 8.34. The van der Waals surface area contributed by atoms with Crippen LogP contribution >= 0.6 is 0 Å². The van der Waals surface area contributed by atoms with E-state index in [9.17, 15) is 4.79 Å². The molecule has 0 aliphatic heterocycles. The first-order chi connectivity index (χ1) is 12.7. The number of hydrogen-bond acceptors (Lipinski definition) is 4. The van der Waals surface area contributed by atoms with Crippen LogP contribution in [0.1, 0.15) is 22.4 Å². The van der Waals surface area contributed by atoms with E-state index in [-0.39, 0.29) is 5.56 Å². The molecule has 0 bridgehead atoms. The van der Waals surface area contributed by atoms with Gasteiger partial charge in [0.15, 0.2) is 0 Å².